The van der Waals surface area contributed by atoms with E-state index in [0.29, 0.717) is 35.6 Å². The second-order valence-electron chi connectivity index (χ2n) is 3.74. The lowest BCUT2D eigenvalue weighted by Gasteiger charge is -2.03. The molecule has 0 aliphatic heterocycles. The lowest BCUT2D eigenvalue weighted by Crippen LogP contribution is -2.10. The zero-order chi connectivity index (χ0) is 13.1. The van der Waals surface area contributed by atoms with Crippen LogP contribution in [0.4, 0.5) is 0 Å². The quantitative estimate of drug-likeness (QED) is 0.773. The molecule has 0 aliphatic carbocycles. The van der Waals surface area contributed by atoms with Crippen molar-refractivity contribution in [3.63, 3.8) is 0 Å². The molecule has 0 saturated heterocycles. The van der Waals surface area contributed by atoms with Crippen molar-refractivity contribution < 1.29 is 9.53 Å². The Balaban J connectivity index is 2.67. The van der Waals surface area contributed by atoms with Gasteiger partial charge in [0, 0.05) is 6.20 Å². The number of hydrogen-bond acceptors (Lipinski definition) is 4. The summed E-state index contributed by atoms with van der Waals surface area (Å²) in [4.78, 5) is 16.3. The van der Waals surface area contributed by atoms with E-state index in [0.717, 1.165) is 0 Å². The molecule has 18 heavy (non-hydrogen) atoms. The van der Waals surface area contributed by atoms with Gasteiger partial charge in [-0.2, -0.15) is 5.26 Å². The first kappa shape index (κ1) is 12.1. The maximum absolute atomic E-state index is 11.9. The number of hydrogen-bond donors (Lipinski definition) is 0. The number of imidazole rings is 1. The molecular weight excluding hydrogens is 230 g/mol. The van der Waals surface area contributed by atoms with E-state index in [2.05, 4.69) is 4.98 Å². The Labute approximate surface area is 105 Å². The molecule has 0 spiro atoms. The number of fused-ring (bicyclic) bond motifs is 1. The van der Waals surface area contributed by atoms with Crippen molar-refractivity contribution in [3.05, 3.63) is 35.3 Å². The minimum atomic E-state index is -0.406. The second-order valence-corrected chi connectivity index (χ2v) is 3.74. The first-order chi connectivity index (χ1) is 8.71. The van der Waals surface area contributed by atoms with E-state index >= 15 is 0 Å². The van der Waals surface area contributed by atoms with Gasteiger partial charge in [-0.1, -0.05) is 6.92 Å². The Morgan fingerprint density at radius 3 is 2.89 bits per heavy atom. The smallest absolute Gasteiger partial charge is 0.357 e. The molecule has 2 aromatic heterocycles. The van der Waals surface area contributed by atoms with Crippen LogP contribution in [0.5, 0.6) is 0 Å². The SMILES string of the molecule is CCOC(=O)c1c(CC)nc2ccc(C#N)cn12. The topological polar surface area (TPSA) is 67.4 Å². The number of pyridine rings is 1. The summed E-state index contributed by atoms with van der Waals surface area (Å²) in [6, 6.07) is 5.44. The van der Waals surface area contributed by atoms with E-state index in [-0.39, 0.29) is 0 Å². The van der Waals surface area contributed by atoms with Crippen molar-refractivity contribution in [2.75, 3.05) is 6.61 Å². The lowest BCUT2D eigenvalue weighted by atomic mass is 10.2. The van der Waals surface area contributed by atoms with E-state index in [9.17, 15) is 4.79 Å². The van der Waals surface area contributed by atoms with Crippen molar-refractivity contribution in [2.24, 2.45) is 0 Å². The molecule has 2 rings (SSSR count). The van der Waals surface area contributed by atoms with E-state index < -0.39 is 5.97 Å². The van der Waals surface area contributed by atoms with Crippen molar-refractivity contribution in [2.45, 2.75) is 20.3 Å². The van der Waals surface area contributed by atoms with Gasteiger partial charge in [-0.3, -0.25) is 4.40 Å². The third-order valence-electron chi connectivity index (χ3n) is 2.62. The molecule has 0 radical (unpaired) electrons. The molecule has 2 aromatic rings. The molecule has 5 nitrogen and oxygen atoms in total. The molecule has 0 saturated carbocycles. The van der Waals surface area contributed by atoms with Crippen molar-refractivity contribution in [3.8, 4) is 6.07 Å². The van der Waals surface area contributed by atoms with Gasteiger partial charge in [0.1, 0.15) is 11.7 Å². The van der Waals surface area contributed by atoms with Crippen LogP contribution >= 0.6 is 0 Å². The van der Waals surface area contributed by atoms with E-state index in [1.165, 1.54) is 0 Å². The largest absolute Gasteiger partial charge is 0.461 e. The van der Waals surface area contributed by atoms with Gasteiger partial charge in [-0.25, -0.2) is 9.78 Å². The zero-order valence-electron chi connectivity index (χ0n) is 10.3. The number of nitrogens with zero attached hydrogens (tertiary/aromatic N) is 3. The van der Waals surface area contributed by atoms with Gasteiger partial charge in [-0.05, 0) is 25.5 Å². The summed E-state index contributed by atoms with van der Waals surface area (Å²) in [6.45, 7) is 4.00. The van der Waals surface area contributed by atoms with Crippen LogP contribution in [0.3, 0.4) is 0 Å². The fourth-order valence-corrected chi connectivity index (χ4v) is 1.82. The molecule has 0 atom stereocenters. The first-order valence-electron chi connectivity index (χ1n) is 5.79. The predicted octanol–water partition coefficient (Wildman–Crippen LogP) is 1.95. The molecule has 92 valence electrons. The van der Waals surface area contributed by atoms with Crippen molar-refractivity contribution in [1.82, 2.24) is 9.38 Å². The lowest BCUT2D eigenvalue weighted by molar-refractivity contribution is 0.0517. The summed E-state index contributed by atoms with van der Waals surface area (Å²) >= 11 is 0. The Hall–Kier alpha value is -2.35. The van der Waals surface area contributed by atoms with Gasteiger partial charge in [-0.15, -0.1) is 0 Å². The van der Waals surface area contributed by atoms with Crippen LogP contribution in [0.15, 0.2) is 18.3 Å². The van der Waals surface area contributed by atoms with Gasteiger partial charge >= 0.3 is 5.97 Å². The monoisotopic (exact) mass is 243 g/mol. The number of nitriles is 1. The van der Waals surface area contributed by atoms with Crippen LogP contribution in [-0.2, 0) is 11.2 Å². The molecule has 2 heterocycles. The minimum absolute atomic E-state index is 0.313. The van der Waals surface area contributed by atoms with Crippen molar-refractivity contribution >= 4 is 11.6 Å². The van der Waals surface area contributed by atoms with Crippen LogP contribution in [-0.4, -0.2) is 22.0 Å². The highest BCUT2D eigenvalue weighted by molar-refractivity contribution is 5.90. The Kier molecular flexibility index (Phi) is 3.28. The first-order valence-corrected chi connectivity index (χ1v) is 5.79. The highest BCUT2D eigenvalue weighted by Crippen LogP contribution is 2.16. The average Bonchev–Trinajstić information content (AvgIpc) is 2.76. The fourth-order valence-electron chi connectivity index (χ4n) is 1.82. The number of carbonyl (C=O) groups excluding carboxylic acids is 1. The molecule has 0 aromatic carbocycles. The molecule has 0 N–H and O–H groups in total. The maximum atomic E-state index is 11.9. The predicted molar refractivity (Wildman–Crippen MR) is 65.2 cm³/mol. The fraction of sp³-hybridized carbons (Fsp3) is 0.308. The average molecular weight is 243 g/mol. The third-order valence-corrected chi connectivity index (χ3v) is 2.62. The van der Waals surface area contributed by atoms with Crippen LogP contribution < -0.4 is 0 Å². The van der Waals surface area contributed by atoms with Gasteiger partial charge in [0.25, 0.3) is 0 Å². The number of esters is 1. The number of ether oxygens (including phenoxy) is 1. The van der Waals surface area contributed by atoms with Gasteiger partial charge in [0.05, 0.1) is 17.9 Å². The molecule has 0 aliphatic rings. The van der Waals surface area contributed by atoms with Gasteiger partial charge in [0.2, 0.25) is 0 Å². The normalized spacial score (nSPS) is 10.3. The second kappa shape index (κ2) is 4.88. The summed E-state index contributed by atoms with van der Waals surface area (Å²) in [5.41, 5.74) is 2.22. The van der Waals surface area contributed by atoms with Crippen molar-refractivity contribution in [1.29, 1.82) is 5.26 Å². The van der Waals surface area contributed by atoms with Gasteiger partial charge < -0.3 is 4.74 Å². The molecule has 0 unspecified atom stereocenters. The number of aromatic nitrogens is 2. The maximum Gasteiger partial charge on any atom is 0.357 e. The standard InChI is InChI=1S/C13H13N3O2/c1-3-10-12(13(17)18-4-2)16-8-9(7-14)5-6-11(16)15-10/h5-6,8H,3-4H2,1-2H3. The molecule has 0 fully saturated rings. The number of carbonyl (C=O) groups is 1. The Morgan fingerprint density at radius 2 is 2.28 bits per heavy atom. The molecule has 0 amide bonds. The summed E-state index contributed by atoms with van der Waals surface area (Å²) in [5.74, 6) is -0.406. The number of aryl methyl sites for hydroxylation is 1. The van der Waals surface area contributed by atoms with Crippen LogP contribution in [0.2, 0.25) is 0 Å². The van der Waals surface area contributed by atoms with Crippen LogP contribution in [0.25, 0.3) is 5.65 Å². The molecule has 5 heteroatoms. The number of rotatable bonds is 3. The highest BCUT2D eigenvalue weighted by atomic mass is 16.5. The minimum Gasteiger partial charge on any atom is -0.461 e. The Bertz CT molecular complexity index is 637. The van der Waals surface area contributed by atoms with E-state index in [1.54, 1.807) is 29.7 Å². The zero-order valence-corrected chi connectivity index (χ0v) is 10.3. The van der Waals surface area contributed by atoms with Gasteiger partial charge in [0.15, 0.2) is 5.69 Å². The molecule has 0 bridgehead atoms. The van der Waals surface area contributed by atoms with E-state index in [4.69, 9.17) is 10.00 Å². The summed E-state index contributed by atoms with van der Waals surface area (Å²) < 4.78 is 6.65. The molecular formula is C13H13N3O2. The van der Waals surface area contributed by atoms with Crippen LogP contribution in [0, 0.1) is 11.3 Å². The van der Waals surface area contributed by atoms with Crippen LogP contribution in [0.1, 0.15) is 35.6 Å². The summed E-state index contributed by atoms with van der Waals surface area (Å²) in [5, 5.41) is 8.89. The Morgan fingerprint density at radius 1 is 1.50 bits per heavy atom. The third kappa shape index (κ3) is 1.93. The van der Waals surface area contributed by atoms with E-state index in [1.807, 2.05) is 13.0 Å². The summed E-state index contributed by atoms with van der Waals surface area (Å²) in [7, 11) is 0. The summed E-state index contributed by atoms with van der Waals surface area (Å²) in [6.07, 6.45) is 2.24. The highest BCUT2D eigenvalue weighted by Gasteiger charge is 2.19.